The molecule has 8 unspecified atom stereocenters. The number of aliphatic carboxylic acids is 1. The fraction of sp³-hybridized carbons (Fsp3) is 0.800. The molecule has 0 bridgehead atoms. The van der Waals surface area contributed by atoms with E-state index < -0.39 is 29.9 Å². The fourth-order valence-corrected chi connectivity index (χ4v) is 8.10. The lowest BCUT2D eigenvalue weighted by molar-refractivity contribution is -0.142. The molecule has 4 N–H and O–H groups in total. The van der Waals surface area contributed by atoms with Crippen molar-refractivity contribution in [1.29, 1.82) is 0 Å². The molecule has 3 saturated carbocycles. The van der Waals surface area contributed by atoms with Gasteiger partial charge in [0.1, 0.15) is 12.1 Å². The van der Waals surface area contributed by atoms with E-state index in [0.29, 0.717) is 30.6 Å². The summed E-state index contributed by atoms with van der Waals surface area (Å²) in [5, 5.41) is 29.3. The van der Waals surface area contributed by atoms with Crippen LogP contribution in [-0.4, -0.2) is 58.5 Å². The van der Waals surface area contributed by atoms with Gasteiger partial charge in [-0.25, -0.2) is 4.79 Å². The topological polar surface area (TPSA) is 137 Å². The second-order valence-corrected chi connectivity index (χ2v) is 12.8. The van der Waals surface area contributed by atoms with E-state index in [9.17, 15) is 24.6 Å². The Balaban J connectivity index is 1.28. The Kier molecular flexibility index (Phi) is 9.08. The zero-order chi connectivity index (χ0) is 28.4. The molecule has 4 rings (SSSR count). The van der Waals surface area contributed by atoms with Crippen LogP contribution in [0.1, 0.15) is 98.3 Å². The summed E-state index contributed by atoms with van der Waals surface area (Å²) in [4.78, 5) is 41.4. The third-order valence-electron chi connectivity index (χ3n) is 10.5. The Morgan fingerprint density at radius 1 is 1.10 bits per heavy atom. The lowest BCUT2D eigenvalue weighted by Gasteiger charge is -2.57. The van der Waals surface area contributed by atoms with E-state index in [1.165, 1.54) is 18.9 Å². The number of aliphatic hydroxyl groups excluding tert-OH is 1. The molecule has 0 aromatic heterocycles. The van der Waals surface area contributed by atoms with Crippen LogP contribution in [0, 0.1) is 28.6 Å². The van der Waals surface area contributed by atoms with Crippen LogP contribution in [-0.2, 0) is 19.2 Å². The third kappa shape index (κ3) is 6.03. The fourth-order valence-electron chi connectivity index (χ4n) is 8.10. The van der Waals surface area contributed by atoms with E-state index >= 15 is 0 Å². The van der Waals surface area contributed by atoms with Crippen LogP contribution in [0.3, 0.4) is 0 Å². The van der Waals surface area contributed by atoms with Gasteiger partial charge in [0.25, 0.3) is 5.91 Å². The van der Waals surface area contributed by atoms with Crippen molar-refractivity contribution in [1.82, 2.24) is 10.6 Å². The number of rotatable bonds is 10. The molecule has 0 radical (unpaired) electrons. The summed E-state index contributed by atoms with van der Waals surface area (Å²) in [5.74, 6) is -0.166. The molecule has 39 heavy (non-hydrogen) atoms. The first kappa shape index (κ1) is 29.6. The minimum absolute atomic E-state index is 0.0830. The number of amides is 2. The summed E-state index contributed by atoms with van der Waals surface area (Å²) in [6.45, 7) is 7.88. The van der Waals surface area contributed by atoms with Gasteiger partial charge in [0.15, 0.2) is 6.61 Å². The predicted molar refractivity (Wildman–Crippen MR) is 148 cm³/mol. The second-order valence-electron chi connectivity index (χ2n) is 12.8. The van der Waals surface area contributed by atoms with Crippen molar-refractivity contribution in [2.75, 3.05) is 6.61 Å². The molecule has 2 amide bonds. The molecule has 0 heterocycles. The van der Waals surface area contributed by atoms with Crippen molar-refractivity contribution in [3.63, 3.8) is 0 Å². The Hall–Kier alpha value is -2.42. The van der Waals surface area contributed by atoms with Crippen LogP contribution in [0.15, 0.2) is 16.8 Å². The molecule has 9 heteroatoms. The van der Waals surface area contributed by atoms with Crippen molar-refractivity contribution < 1.29 is 29.4 Å². The Labute approximate surface area is 232 Å². The lowest BCUT2D eigenvalue weighted by Crippen LogP contribution is -2.51. The maximum absolute atomic E-state index is 12.4. The molecular weight excluding hydrogens is 498 g/mol. The number of nitrogens with one attached hydrogen (secondary N) is 2. The summed E-state index contributed by atoms with van der Waals surface area (Å²) >= 11 is 0. The molecule has 0 aliphatic heterocycles. The summed E-state index contributed by atoms with van der Waals surface area (Å²) in [6, 6.07) is -1.86. The zero-order valence-corrected chi connectivity index (χ0v) is 24.0. The number of carbonyl (C=O) groups is 3. The molecule has 3 fully saturated rings. The average Bonchev–Trinajstić information content (AvgIpc) is 3.20. The third-order valence-corrected chi connectivity index (χ3v) is 10.5. The summed E-state index contributed by atoms with van der Waals surface area (Å²) in [5.41, 5.74) is 2.52. The first-order valence-corrected chi connectivity index (χ1v) is 14.9. The van der Waals surface area contributed by atoms with E-state index in [0.717, 1.165) is 57.1 Å². The van der Waals surface area contributed by atoms with Crippen molar-refractivity contribution in [3.8, 4) is 0 Å². The predicted octanol–water partition coefficient (Wildman–Crippen LogP) is 3.95. The Bertz CT molecular complexity index is 1010. The summed E-state index contributed by atoms with van der Waals surface area (Å²) in [6.07, 6.45) is 12.3. The van der Waals surface area contributed by atoms with Gasteiger partial charge in [0.2, 0.25) is 5.91 Å². The molecular formula is C30H47N3O6. The molecule has 218 valence electrons. The minimum Gasteiger partial charge on any atom is -0.480 e. The zero-order valence-electron chi connectivity index (χ0n) is 24.0. The number of nitrogens with zero attached hydrogens (tertiary/aromatic N) is 1. The molecule has 4 aliphatic rings. The van der Waals surface area contributed by atoms with Crippen LogP contribution in [0.5, 0.6) is 0 Å². The highest BCUT2D eigenvalue weighted by atomic mass is 16.6. The summed E-state index contributed by atoms with van der Waals surface area (Å²) < 4.78 is 0. The van der Waals surface area contributed by atoms with Crippen LogP contribution >= 0.6 is 0 Å². The number of aliphatic hydroxyl groups is 1. The number of allylic oxidation sites excluding steroid dienone is 2. The SMILES string of the molecule is CCCCC(NC(=O)C(C)NC(=O)CO/N=C1/C=C2CCC3C(CCC4(C)C(O)CCC34)C2(C)CC1)C(=O)O. The second kappa shape index (κ2) is 12.0. The number of hydrogen-bond donors (Lipinski definition) is 4. The van der Waals surface area contributed by atoms with Gasteiger partial charge < -0.3 is 25.7 Å². The highest BCUT2D eigenvalue weighted by Gasteiger charge is 2.58. The van der Waals surface area contributed by atoms with Crippen molar-refractivity contribution >= 4 is 23.5 Å². The number of carbonyl (C=O) groups excluding carboxylic acids is 2. The van der Waals surface area contributed by atoms with E-state index in [4.69, 9.17) is 4.84 Å². The number of carboxylic acid groups (broad SMARTS) is 1. The normalized spacial score (nSPS) is 36.0. The van der Waals surface area contributed by atoms with Crippen LogP contribution < -0.4 is 10.6 Å². The van der Waals surface area contributed by atoms with Crippen LogP contribution in [0.4, 0.5) is 0 Å². The lowest BCUT2D eigenvalue weighted by atomic mass is 9.47. The Morgan fingerprint density at radius 3 is 2.59 bits per heavy atom. The van der Waals surface area contributed by atoms with Gasteiger partial charge in [-0.3, -0.25) is 9.59 Å². The molecule has 4 aliphatic carbocycles. The van der Waals surface area contributed by atoms with Crippen molar-refractivity contribution in [2.24, 2.45) is 33.7 Å². The number of fused-ring (bicyclic) bond motifs is 5. The van der Waals surface area contributed by atoms with Gasteiger partial charge in [-0.1, -0.05) is 44.3 Å². The minimum atomic E-state index is -1.08. The van der Waals surface area contributed by atoms with Gasteiger partial charge in [0, 0.05) is 0 Å². The average molecular weight is 546 g/mol. The van der Waals surface area contributed by atoms with Gasteiger partial charge in [-0.2, -0.15) is 0 Å². The number of oxime groups is 1. The van der Waals surface area contributed by atoms with E-state index in [1.807, 2.05) is 6.92 Å². The molecule has 0 spiro atoms. The number of hydrogen-bond acceptors (Lipinski definition) is 6. The standard InChI is InChI=1S/C30H47N3O6/c1-5-6-7-24(28(37)38)32-27(36)18(2)31-26(35)17-39-33-20-12-14-29(3)19(16-20)8-9-21-22-10-11-25(34)30(22,4)15-13-23(21)29/h16,18,21-25,34H,5-15,17H2,1-4H3,(H,31,35)(H,32,36)(H,37,38)/b33-20+. The molecule has 0 saturated heterocycles. The van der Waals surface area contributed by atoms with Crippen molar-refractivity contribution in [3.05, 3.63) is 11.6 Å². The number of carboxylic acids is 1. The van der Waals surface area contributed by atoms with Crippen LogP contribution in [0.2, 0.25) is 0 Å². The van der Waals surface area contributed by atoms with E-state index in [2.05, 4.69) is 35.7 Å². The molecule has 9 nitrogen and oxygen atoms in total. The molecule has 0 aromatic carbocycles. The van der Waals surface area contributed by atoms with Gasteiger partial charge in [-0.15, -0.1) is 0 Å². The highest BCUT2D eigenvalue weighted by molar-refractivity contribution is 5.96. The van der Waals surface area contributed by atoms with Crippen molar-refractivity contribution in [2.45, 2.75) is 117 Å². The maximum Gasteiger partial charge on any atom is 0.326 e. The van der Waals surface area contributed by atoms with E-state index in [1.54, 1.807) is 0 Å². The Morgan fingerprint density at radius 2 is 1.87 bits per heavy atom. The first-order valence-electron chi connectivity index (χ1n) is 14.9. The highest BCUT2D eigenvalue weighted by Crippen LogP contribution is 2.65. The smallest absolute Gasteiger partial charge is 0.326 e. The van der Waals surface area contributed by atoms with Gasteiger partial charge in [0.05, 0.1) is 11.8 Å². The molecule has 0 aromatic rings. The van der Waals surface area contributed by atoms with Crippen LogP contribution in [0.25, 0.3) is 0 Å². The first-order chi connectivity index (χ1) is 18.5. The quantitative estimate of drug-likeness (QED) is 0.307. The largest absolute Gasteiger partial charge is 0.480 e. The van der Waals surface area contributed by atoms with Gasteiger partial charge in [-0.05, 0) is 99.4 Å². The number of unbranched alkanes of at least 4 members (excludes halogenated alkanes) is 1. The van der Waals surface area contributed by atoms with E-state index in [-0.39, 0.29) is 23.5 Å². The maximum atomic E-state index is 12.4. The summed E-state index contributed by atoms with van der Waals surface area (Å²) in [7, 11) is 0. The monoisotopic (exact) mass is 545 g/mol. The van der Waals surface area contributed by atoms with Gasteiger partial charge >= 0.3 is 5.97 Å². The molecule has 8 atom stereocenters.